The van der Waals surface area contributed by atoms with Crippen molar-refractivity contribution in [3.8, 4) is 0 Å². The molecule has 5 nitrogen and oxygen atoms in total. The number of aryl methyl sites for hydroxylation is 1. The van der Waals surface area contributed by atoms with Crippen LogP contribution in [0.5, 0.6) is 0 Å². The highest BCUT2D eigenvalue weighted by Gasteiger charge is 2.28. The third-order valence-electron chi connectivity index (χ3n) is 3.61. The number of nitrogens with two attached hydrogens (primary N) is 1. The molecule has 0 radical (unpaired) electrons. The molecule has 1 rings (SSSR count). The van der Waals surface area contributed by atoms with Gasteiger partial charge in [-0.15, -0.1) is 0 Å². The molecule has 0 aromatic heterocycles. The summed E-state index contributed by atoms with van der Waals surface area (Å²) in [4.78, 5) is 0.250. The standard InChI is InChI=1S/C14H24N2O3S/c1-5-11-7-13(15)12(6-2)14(8-11)20(18,19)16(4)10(3)9-17/h7-8,10,17H,5-6,9,15H2,1-4H3. The smallest absolute Gasteiger partial charge is 0.243 e. The summed E-state index contributed by atoms with van der Waals surface area (Å²) in [5, 5.41) is 9.17. The topological polar surface area (TPSA) is 83.6 Å². The van der Waals surface area contributed by atoms with Gasteiger partial charge in [0.15, 0.2) is 0 Å². The van der Waals surface area contributed by atoms with Crippen molar-refractivity contribution < 1.29 is 13.5 Å². The van der Waals surface area contributed by atoms with Crippen LogP contribution in [0.4, 0.5) is 5.69 Å². The third-order valence-corrected chi connectivity index (χ3v) is 5.65. The number of likely N-dealkylation sites (N-methyl/N-ethyl adjacent to an activating group) is 1. The number of aliphatic hydroxyl groups is 1. The molecule has 0 bridgehead atoms. The van der Waals surface area contributed by atoms with Crippen molar-refractivity contribution in [2.24, 2.45) is 0 Å². The quantitative estimate of drug-likeness (QED) is 0.778. The summed E-state index contributed by atoms with van der Waals surface area (Å²) in [6.07, 6.45) is 1.27. The van der Waals surface area contributed by atoms with E-state index in [2.05, 4.69) is 0 Å². The Bertz CT molecular complexity index is 570. The lowest BCUT2D eigenvalue weighted by molar-refractivity contribution is 0.214. The molecule has 6 heteroatoms. The van der Waals surface area contributed by atoms with Gasteiger partial charge in [-0.05, 0) is 43.0 Å². The van der Waals surface area contributed by atoms with Gasteiger partial charge in [0.05, 0.1) is 11.5 Å². The Labute approximate surface area is 121 Å². The maximum Gasteiger partial charge on any atom is 0.243 e. The molecule has 1 unspecified atom stereocenters. The summed E-state index contributed by atoms with van der Waals surface area (Å²) in [5.74, 6) is 0. The average Bonchev–Trinajstić information content (AvgIpc) is 2.44. The normalized spacial score (nSPS) is 13.7. The Balaban J connectivity index is 3.47. The van der Waals surface area contributed by atoms with E-state index in [0.717, 1.165) is 12.0 Å². The summed E-state index contributed by atoms with van der Waals surface area (Å²) < 4.78 is 26.6. The van der Waals surface area contributed by atoms with Crippen molar-refractivity contribution in [2.45, 2.75) is 44.6 Å². The van der Waals surface area contributed by atoms with Crippen LogP contribution in [0, 0.1) is 0 Å². The van der Waals surface area contributed by atoms with Gasteiger partial charge >= 0.3 is 0 Å². The molecule has 1 aromatic carbocycles. The minimum atomic E-state index is -3.65. The number of anilines is 1. The predicted octanol–water partition coefficient (Wildman–Crippen LogP) is 1.39. The van der Waals surface area contributed by atoms with E-state index >= 15 is 0 Å². The Morgan fingerprint density at radius 3 is 2.35 bits per heavy atom. The predicted molar refractivity (Wildman–Crippen MR) is 81.1 cm³/mol. The zero-order valence-corrected chi connectivity index (χ0v) is 13.4. The van der Waals surface area contributed by atoms with E-state index < -0.39 is 16.1 Å². The van der Waals surface area contributed by atoms with Gasteiger partial charge in [-0.2, -0.15) is 4.31 Å². The fraction of sp³-hybridized carbons (Fsp3) is 0.571. The van der Waals surface area contributed by atoms with Crippen molar-refractivity contribution in [1.82, 2.24) is 4.31 Å². The van der Waals surface area contributed by atoms with Crippen molar-refractivity contribution in [1.29, 1.82) is 0 Å². The molecule has 0 spiro atoms. The highest BCUT2D eigenvalue weighted by atomic mass is 32.2. The molecule has 0 aliphatic carbocycles. The van der Waals surface area contributed by atoms with Crippen LogP contribution in [-0.2, 0) is 22.9 Å². The Morgan fingerprint density at radius 2 is 1.90 bits per heavy atom. The molecule has 20 heavy (non-hydrogen) atoms. The average molecular weight is 300 g/mol. The lowest BCUT2D eigenvalue weighted by Crippen LogP contribution is -2.37. The number of aliphatic hydroxyl groups excluding tert-OH is 1. The highest BCUT2D eigenvalue weighted by molar-refractivity contribution is 7.89. The fourth-order valence-electron chi connectivity index (χ4n) is 2.05. The van der Waals surface area contributed by atoms with Crippen LogP contribution in [0.25, 0.3) is 0 Å². The first-order chi connectivity index (χ1) is 9.29. The van der Waals surface area contributed by atoms with Crippen LogP contribution >= 0.6 is 0 Å². The molecule has 0 aliphatic rings. The first-order valence-corrected chi connectivity index (χ1v) is 8.23. The van der Waals surface area contributed by atoms with Gasteiger partial charge in [0.25, 0.3) is 0 Å². The molecule has 3 N–H and O–H groups in total. The van der Waals surface area contributed by atoms with Gasteiger partial charge in [-0.25, -0.2) is 8.42 Å². The second-order valence-electron chi connectivity index (χ2n) is 4.92. The van der Waals surface area contributed by atoms with E-state index in [1.165, 1.54) is 11.4 Å². The molecule has 0 heterocycles. The first kappa shape index (κ1) is 16.9. The van der Waals surface area contributed by atoms with Crippen molar-refractivity contribution in [3.05, 3.63) is 23.3 Å². The van der Waals surface area contributed by atoms with Crippen LogP contribution in [0.2, 0.25) is 0 Å². The van der Waals surface area contributed by atoms with Gasteiger partial charge in [-0.3, -0.25) is 0 Å². The number of nitrogen functional groups attached to an aromatic ring is 1. The van der Waals surface area contributed by atoms with Crippen LogP contribution in [0.3, 0.4) is 0 Å². The number of nitrogens with zero attached hydrogens (tertiary/aromatic N) is 1. The van der Waals surface area contributed by atoms with Gasteiger partial charge in [0, 0.05) is 18.8 Å². The lowest BCUT2D eigenvalue weighted by atomic mass is 10.1. The SMILES string of the molecule is CCc1cc(N)c(CC)c(S(=O)(=O)N(C)C(C)CO)c1. The number of hydrogen-bond acceptors (Lipinski definition) is 4. The summed E-state index contributed by atoms with van der Waals surface area (Å²) >= 11 is 0. The summed E-state index contributed by atoms with van der Waals surface area (Å²) in [6, 6.07) is 3.04. The maximum atomic E-state index is 12.7. The Hall–Kier alpha value is -1.11. The molecule has 1 atom stereocenters. The van der Waals surface area contributed by atoms with Crippen molar-refractivity contribution >= 4 is 15.7 Å². The lowest BCUT2D eigenvalue weighted by Gasteiger charge is -2.24. The zero-order valence-electron chi connectivity index (χ0n) is 12.5. The van der Waals surface area contributed by atoms with E-state index in [-0.39, 0.29) is 11.5 Å². The molecule has 114 valence electrons. The van der Waals surface area contributed by atoms with Gasteiger partial charge in [0.2, 0.25) is 10.0 Å². The number of hydrogen-bond donors (Lipinski definition) is 2. The Kier molecular flexibility index (Phi) is 5.56. The molecule has 0 saturated heterocycles. The summed E-state index contributed by atoms with van der Waals surface area (Å²) in [5.41, 5.74) is 8.02. The summed E-state index contributed by atoms with van der Waals surface area (Å²) in [6.45, 7) is 5.28. The highest BCUT2D eigenvalue weighted by Crippen LogP contribution is 2.28. The molecule has 0 saturated carbocycles. The molecular formula is C14H24N2O3S. The van der Waals surface area contributed by atoms with Crippen LogP contribution < -0.4 is 5.73 Å². The van der Waals surface area contributed by atoms with E-state index in [0.29, 0.717) is 17.7 Å². The molecule has 0 amide bonds. The van der Waals surface area contributed by atoms with Crippen LogP contribution in [-0.4, -0.2) is 37.5 Å². The molecule has 0 aliphatic heterocycles. The zero-order chi connectivity index (χ0) is 15.5. The van der Waals surface area contributed by atoms with Gasteiger partial charge < -0.3 is 10.8 Å². The number of benzene rings is 1. The molecule has 1 aromatic rings. The fourth-order valence-corrected chi connectivity index (χ4v) is 3.77. The third kappa shape index (κ3) is 3.13. The molecule has 0 fully saturated rings. The second-order valence-corrected chi connectivity index (χ2v) is 6.89. The van der Waals surface area contributed by atoms with E-state index in [1.807, 2.05) is 19.9 Å². The number of sulfonamides is 1. The minimum Gasteiger partial charge on any atom is -0.398 e. The first-order valence-electron chi connectivity index (χ1n) is 6.79. The maximum absolute atomic E-state index is 12.7. The van der Waals surface area contributed by atoms with E-state index in [9.17, 15) is 8.42 Å². The van der Waals surface area contributed by atoms with E-state index in [4.69, 9.17) is 10.8 Å². The number of rotatable bonds is 6. The van der Waals surface area contributed by atoms with E-state index in [1.54, 1.807) is 13.0 Å². The molecular weight excluding hydrogens is 276 g/mol. The van der Waals surface area contributed by atoms with Crippen molar-refractivity contribution in [3.63, 3.8) is 0 Å². The van der Waals surface area contributed by atoms with Crippen molar-refractivity contribution in [2.75, 3.05) is 19.4 Å². The summed E-state index contributed by atoms with van der Waals surface area (Å²) in [7, 11) is -2.18. The van der Waals surface area contributed by atoms with Gasteiger partial charge in [0.1, 0.15) is 0 Å². The van der Waals surface area contributed by atoms with Crippen LogP contribution in [0.1, 0.15) is 31.9 Å². The monoisotopic (exact) mass is 300 g/mol. The Morgan fingerprint density at radius 1 is 1.30 bits per heavy atom. The minimum absolute atomic E-state index is 0.222. The van der Waals surface area contributed by atoms with Crippen LogP contribution in [0.15, 0.2) is 17.0 Å². The largest absolute Gasteiger partial charge is 0.398 e. The van der Waals surface area contributed by atoms with Gasteiger partial charge in [-0.1, -0.05) is 13.8 Å². The second kappa shape index (κ2) is 6.56.